The van der Waals surface area contributed by atoms with Gasteiger partial charge in [0.25, 0.3) is 5.91 Å². The van der Waals surface area contributed by atoms with Crippen molar-refractivity contribution in [3.05, 3.63) is 63.5 Å². The second-order valence-electron chi connectivity index (χ2n) is 4.00. The molecule has 0 bridgehead atoms. The van der Waals surface area contributed by atoms with E-state index >= 15 is 0 Å². The zero-order valence-electron chi connectivity index (χ0n) is 10.0. The predicted octanol–water partition coefficient (Wildman–Crippen LogP) is 2.96. The molecule has 4 heteroatoms. The summed E-state index contributed by atoms with van der Waals surface area (Å²) in [5.74, 6) is 0.0387. The lowest BCUT2D eigenvalue weighted by molar-refractivity contribution is 0.0784. The molecule has 0 N–H and O–H groups in total. The zero-order chi connectivity index (χ0) is 13.0. The van der Waals surface area contributed by atoms with Gasteiger partial charge in [0.15, 0.2) is 0 Å². The van der Waals surface area contributed by atoms with Crippen LogP contribution in [0.5, 0.6) is 0 Å². The molecule has 0 spiro atoms. The van der Waals surface area contributed by atoms with Gasteiger partial charge in [0.1, 0.15) is 0 Å². The molecule has 92 valence electrons. The third-order valence-corrected chi connectivity index (χ3v) is 3.56. The molecular formula is C14H13IN2O. The van der Waals surface area contributed by atoms with Crippen molar-refractivity contribution in [3.63, 3.8) is 0 Å². The Balaban J connectivity index is 2.13. The topological polar surface area (TPSA) is 33.2 Å². The molecule has 0 aliphatic carbocycles. The van der Waals surface area contributed by atoms with Crippen LogP contribution in [0.15, 0.2) is 48.8 Å². The van der Waals surface area contributed by atoms with Crippen LogP contribution in [-0.4, -0.2) is 22.8 Å². The molecule has 0 saturated heterocycles. The van der Waals surface area contributed by atoms with E-state index in [0.29, 0.717) is 6.54 Å². The van der Waals surface area contributed by atoms with Gasteiger partial charge in [-0.05, 0) is 52.4 Å². The number of hydrogen-bond acceptors (Lipinski definition) is 2. The monoisotopic (exact) mass is 352 g/mol. The van der Waals surface area contributed by atoms with Crippen molar-refractivity contribution in [3.8, 4) is 0 Å². The summed E-state index contributed by atoms with van der Waals surface area (Å²) < 4.78 is 0.974. The molecule has 2 rings (SSSR count). The molecule has 3 nitrogen and oxygen atoms in total. The number of carbonyl (C=O) groups is 1. The van der Waals surface area contributed by atoms with E-state index < -0.39 is 0 Å². The number of benzene rings is 1. The maximum Gasteiger partial charge on any atom is 0.254 e. The Hall–Kier alpha value is -1.43. The van der Waals surface area contributed by atoms with Gasteiger partial charge in [-0.15, -0.1) is 0 Å². The van der Waals surface area contributed by atoms with E-state index in [4.69, 9.17) is 0 Å². The Morgan fingerprint density at radius 1 is 1.22 bits per heavy atom. The lowest BCUT2D eigenvalue weighted by Crippen LogP contribution is -2.26. The van der Waals surface area contributed by atoms with Gasteiger partial charge in [0.2, 0.25) is 0 Å². The van der Waals surface area contributed by atoms with Crippen LogP contribution in [0, 0.1) is 3.57 Å². The van der Waals surface area contributed by atoms with Crippen molar-refractivity contribution < 1.29 is 4.79 Å². The van der Waals surface area contributed by atoms with Gasteiger partial charge in [-0.2, -0.15) is 0 Å². The molecular weight excluding hydrogens is 339 g/mol. The van der Waals surface area contributed by atoms with Crippen molar-refractivity contribution in [1.82, 2.24) is 9.88 Å². The van der Waals surface area contributed by atoms with Crippen molar-refractivity contribution in [1.29, 1.82) is 0 Å². The number of amides is 1. The van der Waals surface area contributed by atoms with Crippen LogP contribution in [0.25, 0.3) is 0 Å². The maximum absolute atomic E-state index is 12.3. The fourth-order valence-electron chi connectivity index (χ4n) is 1.67. The van der Waals surface area contributed by atoms with E-state index in [1.54, 1.807) is 17.3 Å². The van der Waals surface area contributed by atoms with Crippen LogP contribution < -0.4 is 0 Å². The molecule has 0 aliphatic heterocycles. The third kappa shape index (κ3) is 3.07. The Bertz CT molecular complexity index is 543. The van der Waals surface area contributed by atoms with Crippen LogP contribution in [0.1, 0.15) is 15.9 Å². The van der Waals surface area contributed by atoms with Gasteiger partial charge >= 0.3 is 0 Å². The Kier molecular flexibility index (Phi) is 4.30. The minimum Gasteiger partial charge on any atom is -0.337 e. The highest BCUT2D eigenvalue weighted by molar-refractivity contribution is 14.1. The average Bonchev–Trinajstić information content (AvgIpc) is 2.39. The quantitative estimate of drug-likeness (QED) is 0.796. The zero-order valence-corrected chi connectivity index (χ0v) is 12.2. The van der Waals surface area contributed by atoms with Gasteiger partial charge in [-0.1, -0.05) is 12.1 Å². The number of hydrogen-bond donors (Lipinski definition) is 0. The molecule has 0 fully saturated rings. The van der Waals surface area contributed by atoms with E-state index in [9.17, 15) is 4.79 Å². The molecule has 18 heavy (non-hydrogen) atoms. The normalized spacial score (nSPS) is 10.1. The first-order valence-corrected chi connectivity index (χ1v) is 6.65. The Morgan fingerprint density at radius 3 is 2.56 bits per heavy atom. The van der Waals surface area contributed by atoms with Crippen LogP contribution in [0.4, 0.5) is 0 Å². The highest BCUT2D eigenvalue weighted by Gasteiger charge is 2.14. The van der Waals surface area contributed by atoms with E-state index in [-0.39, 0.29) is 5.91 Å². The second kappa shape index (κ2) is 5.95. The van der Waals surface area contributed by atoms with E-state index in [2.05, 4.69) is 27.6 Å². The fraction of sp³-hybridized carbons (Fsp3) is 0.143. The standard InChI is InChI=1S/C14H13IN2O/c1-17(10-11-6-8-16-9-7-11)14(18)12-4-2-3-5-13(12)15/h2-9H,10H2,1H3. The van der Waals surface area contributed by atoms with Crippen LogP contribution >= 0.6 is 22.6 Å². The first-order valence-electron chi connectivity index (χ1n) is 5.57. The smallest absolute Gasteiger partial charge is 0.254 e. The average molecular weight is 352 g/mol. The number of pyridine rings is 1. The maximum atomic E-state index is 12.3. The van der Waals surface area contributed by atoms with Crippen molar-refractivity contribution in [2.45, 2.75) is 6.54 Å². The van der Waals surface area contributed by atoms with Crippen LogP contribution in [0.3, 0.4) is 0 Å². The summed E-state index contributed by atoms with van der Waals surface area (Å²) in [5, 5.41) is 0. The summed E-state index contributed by atoms with van der Waals surface area (Å²) in [6, 6.07) is 11.4. The number of nitrogens with zero attached hydrogens (tertiary/aromatic N) is 2. The van der Waals surface area contributed by atoms with Crippen molar-refractivity contribution >= 4 is 28.5 Å². The fourth-order valence-corrected chi connectivity index (χ4v) is 2.29. The highest BCUT2D eigenvalue weighted by atomic mass is 127. The molecule has 1 amide bonds. The van der Waals surface area contributed by atoms with E-state index in [1.165, 1.54) is 0 Å². The summed E-state index contributed by atoms with van der Waals surface area (Å²) in [6.07, 6.45) is 3.47. The largest absolute Gasteiger partial charge is 0.337 e. The Morgan fingerprint density at radius 2 is 1.89 bits per heavy atom. The molecule has 1 heterocycles. The van der Waals surface area contributed by atoms with Gasteiger partial charge < -0.3 is 4.90 Å². The lowest BCUT2D eigenvalue weighted by Gasteiger charge is -2.18. The first-order chi connectivity index (χ1) is 8.68. The predicted molar refractivity (Wildman–Crippen MR) is 79.2 cm³/mol. The molecule has 0 unspecified atom stereocenters. The van der Waals surface area contributed by atoms with Crippen molar-refractivity contribution in [2.24, 2.45) is 0 Å². The summed E-state index contributed by atoms with van der Waals surface area (Å²) in [4.78, 5) is 18.0. The summed E-state index contributed by atoms with van der Waals surface area (Å²) >= 11 is 2.18. The van der Waals surface area contributed by atoms with Gasteiger partial charge in [0, 0.05) is 29.6 Å². The molecule has 0 aliphatic rings. The number of aromatic nitrogens is 1. The minimum atomic E-state index is 0.0387. The highest BCUT2D eigenvalue weighted by Crippen LogP contribution is 2.14. The van der Waals surface area contributed by atoms with Gasteiger partial charge in [0.05, 0.1) is 5.56 Å². The first kappa shape index (κ1) is 13.0. The molecule has 0 saturated carbocycles. The van der Waals surface area contributed by atoms with Crippen LogP contribution in [-0.2, 0) is 6.54 Å². The van der Waals surface area contributed by atoms with Gasteiger partial charge in [-0.3, -0.25) is 9.78 Å². The lowest BCUT2D eigenvalue weighted by atomic mass is 10.2. The Labute approximate surface area is 120 Å². The molecule has 1 aromatic carbocycles. The number of carbonyl (C=O) groups excluding carboxylic acids is 1. The second-order valence-corrected chi connectivity index (χ2v) is 5.16. The third-order valence-electron chi connectivity index (χ3n) is 2.62. The molecule has 0 atom stereocenters. The SMILES string of the molecule is CN(Cc1ccncc1)C(=O)c1ccccc1I. The molecule has 2 aromatic rings. The summed E-state index contributed by atoms with van der Waals surface area (Å²) in [7, 11) is 1.81. The van der Waals surface area contributed by atoms with Gasteiger partial charge in [-0.25, -0.2) is 0 Å². The minimum absolute atomic E-state index is 0.0387. The number of rotatable bonds is 3. The van der Waals surface area contributed by atoms with Crippen molar-refractivity contribution in [2.75, 3.05) is 7.05 Å². The number of halogens is 1. The molecule has 0 radical (unpaired) electrons. The summed E-state index contributed by atoms with van der Waals surface area (Å²) in [6.45, 7) is 0.590. The van der Waals surface area contributed by atoms with E-state index in [1.807, 2.05) is 43.4 Å². The molecule has 1 aromatic heterocycles. The van der Waals surface area contributed by atoms with E-state index in [0.717, 1.165) is 14.7 Å². The van der Waals surface area contributed by atoms with Crippen LogP contribution in [0.2, 0.25) is 0 Å². The summed E-state index contributed by atoms with van der Waals surface area (Å²) in [5.41, 5.74) is 1.82.